The van der Waals surface area contributed by atoms with E-state index in [9.17, 15) is 0 Å². The summed E-state index contributed by atoms with van der Waals surface area (Å²) in [6.45, 7) is 8.70. The second-order valence-electron chi connectivity index (χ2n) is 4.87. The summed E-state index contributed by atoms with van der Waals surface area (Å²) in [5, 5.41) is 7.78. The van der Waals surface area contributed by atoms with Crippen molar-refractivity contribution >= 4 is 5.69 Å². The molecule has 0 atom stereocenters. The molecule has 0 amide bonds. The first-order valence-corrected chi connectivity index (χ1v) is 7.21. The smallest absolute Gasteiger partial charge is 0.119 e. The highest BCUT2D eigenvalue weighted by Crippen LogP contribution is 2.21. The van der Waals surface area contributed by atoms with Crippen LogP contribution in [0, 0.1) is 6.92 Å². The van der Waals surface area contributed by atoms with Crippen molar-refractivity contribution in [2.75, 3.05) is 11.9 Å². The molecule has 0 aliphatic heterocycles. The van der Waals surface area contributed by atoms with E-state index in [4.69, 9.17) is 4.74 Å². The number of hydrogen-bond donors (Lipinski definition) is 1. The van der Waals surface area contributed by atoms with Crippen molar-refractivity contribution in [1.82, 2.24) is 9.78 Å². The molecule has 0 spiro atoms. The number of nitrogens with one attached hydrogen (secondary N) is 1. The lowest BCUT2D eigenvalue weighted by molar-refractivity contribution is 0.340. The number of hydrogen-bond acceptors (Lipinski definition) is 3. The Kier molecular flexibility index (Phi) is 5.04. The average Bonchev–Trinajstić information content (AvgIpc) is 2.86. The molecule has 1 heterocycles. The number of nitrogens with zero attached hydrogens (tertiary/aromatic N) is 2. The van der Waals surface area contributed by atoms with Crippen LogP contribution >= 0.6 is 0 Å². The van der Waals surface area contributed by atoms with E-state index in [2.05, 4.69) is 42.6 Å². The number of anilines is 1. The van der Waals surface area contributed by atoms with Crippen molar-refractivity contribution in [2.45, 2.75) is 40.3 Å². The monoisotopic (exact) mass is 273 g/mol. The van der Waals surface area contributed by atoms with Crippen LogP contribution in [0.25, 0.3) is 0 Å². The second-order valence-corrected chi connectivity index (χ2v) is 4.87. The van der Waals surface area contributed by atoms with Crippen molar-refractivity contribution < 1.29 is 4.74 Å². The van der Waals surface area contributed by atoms with Crippen LogP contribution in [0.3, 0.4) is 0 Å². The van der Waals surface area contributed by atoms with Crippen LogP contribution in [0.15, 0.2) is 30.6 Å². The number of aryl methyl sites for hydroxylation is 2. The predicted molar refractivity (Wildman–Crippen MR) is 82.2 cm³/mol. The maximum atomic E-state index is 5.49. The molecule has 0 unspecified atom stereocenters. The fourth-order valence-electron chi connectivity index (χ4n) is 2.14. The van der Waals surface area contributed by atoms with Crippen LogP contribution in [-0.4, -0.2) is 16.4 Å². The minimum absolute atomic E-state index is 0.697. The molecule has 0 saturated heterocycles. The Morgan fingerprint density at radius 3 is 2.85 bits per heavy atom. The number of rotatable bonds is 7. The molecule has 4 nitrogen and oxygen atoms in total. The van der Waals surface area contributed by atoms with E-state index >= 15 is 0 Å². The third kappa shape index (κ3) is 3.76. The Labute approximate surface area is 120 Å². The summed E-state index contributed by atoms with van der Waals surface area (Å²) in [4.78, 5) is 0. The molecule has 0 bridgehead atoms. The molecule has 20 heavy (non-hydrogen) atoms. The third-order valence-corrected chi connectivity index (χ3v) is 3.13. The van der Waals surface area contributed by atoms with E-state index in [-0.39, 0.29) is 0 Å². The van der Waals surface area contributed by atoms with E-state index < -0.39 is 0 Å². The molecule has 0 fully saturated rings. The largest absolute Gasteiger partial charge is 0.494 e. The molecule has 2 aromatic rings. The van der Waals surface area contributed by atoms with Gasteiger partial charge in [0.25, 0.3) is 0 Å². The lowest BCUT2D eigenvalue weighted by Gasteiger charge is -2.10. The van der Waals surface area contributed by atoms with Crippen LogP contribution in [0.2, 0.25) is 0 Å². The predicted octanol–water partition coefficient (Wildman–Crippen LogP) is 3.61. The summed E-state index contributed by atoms with van der Waals surface area (Å²) in [5.41, 5.74) is 3.53. The number of ether oxygens (including phenoxy) is 1. The molecule has 1 N–H and O–H groups in total. The number of benzene rings is 1. The fraction of sp³-hybridized carbons (Fsp3) is 0.438. The Balaban J connectivity index is 1.95. The summed E-state index contributed by atoms with van der Waals surface area (Å²) in [5.74, 6) is 0.923. The second kappa shape index (κ2) is 6.98. The lowest BCUT2D eigenvalue weighted by Crippen LogP contribution is -2.01. The van der Waals surface area contributed by atoms with E-state index in [1.165, 1.54) is 11.1 Å². The molecular formula is C16H23N3O. The van der Waals surface area contributed by atoms with Gasteiger partial charge in [0.1, 0.15) is 5.75 Å². The summed E-state index contributed by atoms with van der Waals surface area (Å²) >= 11 is 0. The van der Waals surface area contributed by atoms with Gasteiger partial charge in [-0.3, -0.25) is 4.68 Å². The molecule has 0 radical (unpaired) electrons. The number of aromatic nitrogens is 2. The van der Waals surface area contributed by atoms with E-state index in [1.807, 2.05) is 23.9 Å². The van der Waals surface area contributed by atoms with Crippen LogP contribution in [0.4, 0.5) is 5.69 Å². The maximum Gasteiger partial charge on any atom is 0.119 e. The summed E-state index contributed by atoms with van der Waals surface area (Å²) < 4.78 is 7.48. The lowest BCUT2D eigenvalue weighted by atomic mass is 10.2. The zero-order chi connectivity index (χ0) is 14.4. The highest BCUT2D eigenvalue weighted by molar-refractivity contribution is 5.53. The van der Waals surface area contributed by atoms with Gasteiger partial charge in [-0.25, -0.2) is 0 Å². The SMILES string of the molecule is CCCn1cc(CNc2ccc(OCC)cc2C)cn1. The first-order valence-electron chi connectivity index (χ1n) is 7.21. The van der Waals surface area contributed by atoms with Gasteiger partial charge in [-0.2, -0.15) is 5.10 Å². The summed E-state index contributed by atoms with van der Waals surface area (Å²) in [6.07, 6.45) is 5.12. The molecule has 0 saturated carbocycles. The Hall–Kier alpha value is -1.97. The molecule has 0 aliphatic rings. The van der Waals surface area contributed by atoms with Gasteiger partial charge >= 0.3 is 0 Å². The molecule has 0 aliphatic carbocycles. The van der Waals surface area contributed by atoms with Gasteiger partial charge in [-0.15, -0.1) is 0 Å². The highest BCUT2D eigenvalue weighted by Gasteiger charge is 2.02. The fourth-order valence-corrected chi connectivity index (χ4v) is 2.14. The van der Waals surface area contributed by atoms with Crippen LogP contribution in [0.1, 0.15) is 31.4 Å². The quantitative estimate of drug-likeness (QED) is 0.837. The summed E-state index contributed by atoms with van der Waals surface area (Å²) in [7, 11) is 0. The third-order valence-electron chi connectivity index (χ3n) is 3.13. The van der Waals surface area contributed by atoms with Gasteiger partial charge in [0.15, 0.2) is 0 Å². The van der Waals surface area contributed by atoms with E-state index in [0.29, 0.717) is 6.61 Å². The van der Waals surface area contributed by atoms with Gasteiger partial charge in [-0.1, -0.05) is 6.92 Å². The Bertz CT molecular complexity index is 548. The maximum absolute atomic E-state index is 5.49. The molecular weight excluding hydrogens is 250 g/mol. The van der Waals surface area contributed by atoms with Crippen LogP contribution in [0.5, 0.6) is 5.75 Å². The molecule has 2 rings (SSSR count). The molecule has 4 heteroatoms. The standard InChI is InChI=1S/C16H23N3O/c1-4-8-19-12-14(11-18-19)10-17-16-7-6-15(20-5-2)9-13(16)3/h6-7,9,11-12,17H,4-5,8,10H2,1-3H3. The first kappa shape index (κ1) is 14.4. The van der Waals surface area contributed by atoms with Gasteiger partial charge in [0.05, 0.1) is 12.8 Å². The minimum Gasteiger partial charge on any atom is -0.494 e. The van der Waals surface area contributed by atoms with Crippen LogP contribution in [-0.2, 0) is 13.1 Å². The van der Waals surface area contributed by atoms with Crippen molar-refractivity contribution in [1.29, 1.82) is 0 Å². The highest BCUT2D eigenvalue weighted by atomic mass is 16.5. The van der Waals surface area contributed by atoms with E-state index in [0.717, 1.165) is 30.9 Å². The molecule has 1 aromatic heterocycles. The van der Waals surface area contributed by atoms with Gasteiger partial charge < -0.3 is 10.1 Å². The van der Waals surface area contributed by atoms with Crippen molar-refractivity contribution in [3.8, 4) is 5.75 Å². The van der Waals surface area contributed by atoms with Crippen molar-refractivity contribution in [3.05, 3.63) is 41.7 Å². The topological polar surface area (TPSA) is 39.1 Å². The Morgan fingerprint density at radius 1 is 1.30 bits per heavy atom. The van der Waals surface area contributed by atoms with Gasteiger partial charge in [0.2, 0.25) is 0 Å². The normalized spacial score (nSPS) is 10.6. The van der Waals surface area contributed by atoms with Gasteiger partial charge in [-0.05, 0) is 44.0 Å². The zero-order valence-corrected chi connectivity index (χ0v) is 12.5. The Morgan fingerprint density at radius 2 is 2.15 bits per heavy atom. The van der Waals surface area contributed by atoms with E-state index in [1.54, 1.807) is 0 Å². The molecule has 1 aromatic carbocycles. The van der Waals surface area contributed by atoms with Crippen molar-refractivity contribution in [2.24, 2.45) is 0 Å². The minimum atomic E-state index is 0.697. The molecule has 108 valence electrons. The summed E-state index contributed by atoms with van der Waals surface area (Å²) in [6, 6.07) is 6.13. The average molecular weight is 273 g/mol. The first-order chi connectivity index (χ1) is 9.72. The van der Waals surface area contributed by atoms with Crippen LogP contribution < -0.4 is 10.1 Å². The van der Waals surface area contributed by atoms with Crippen molar-refractivity contribution in [3.63, 3.8) is 0 Å². The zero-order valence-electron chi connectivity index (χ0n) is 12.5. The van der Waals surface area contributed by atoms with Gasteiger partial charge in [0, 0.05) is 30.5 Å².